The molecular weight excluding hydrogens is 1480 g/mol. The van der Waals surface area contributed by atoms with Crippen molar-refractivity contribution in [1.82, 2.24) is 16.0 Å². The zero-order valence-corrected chi connectivity index (χ0v) is 58.0. The molecular formula is C60H101N3O45. The zero-order valence-electron chi connectivity index (χ0n) is 58.0. The topological polar surface area (TPSA) is 750 Å². The van der Waals surface area contributed by atoms with Gasteiger partial charge in [0.25, 0.3) is 0 Å². The Morgan fingerprint density at radius 2 is 0.574 bits per heavy atom. The van der Waals surface area contributed by atoms with Crippen molar-refractivity contribution >= 4 is 17.7 Å². The summed E-state index contributed by atoms with van der Waals surface area (Å²) in [5, 5.41) is 283. The van der Waals surface area contributed by atoms with Crippen molar-refractivity contribution in [3.8, 4) is 0 Å². The van der Waals surface area contributed by atoms with E-state index in [4.69, 9.17) is 80.5 Å². The second kappa shape index (κ2) is 38.5. The monoisotopic (exact) mass is 1580 g/mol. The average molecular weight is 1580 g/mol. The molecule has 0 bridgehead atoms. The van der Waals surface area contributed by atoms with Crippen LogP contribution in [0.15, 0.2) is 0 Å². The van der Waals surface area contributed by atoms with Crippen LogP contribution in [0.2, 0.25) is 0 Å². The summed E-state index contributed by atoms with van der Waals surface area (Å²) in [7, 11) is 0. The quantitative estimate of drug-likeness (QED) is 0.0363. The normalized spacial score (nSPS) is 50.4. The Morgan fingerprint density at radius 1 is 0.259 bits per heavy atom. The van der Waals surface area contributed by atoms with Crippen molar-refractivity contribution in [2.75, 3.05) is 52.9 Å². The molecule has 0 unspecified atom stereocenters. The van der Waals surface area contributed by atoms with Gasteiger partial charge in [0, 0.05) is 20.8 Å². The number of rotatable bonds is 27. The first-order valence-electron chi connectivity index (χ1n) is 34.5. The van der Waals surface area contributed by atoms with Crippen LogP contribution >= 0.6 is 0 Å². The number of aliphatic hydroxyl groups excluding tert-OH is 25. The molecule has 48 heteroatoms. The van der Waals surface area contributed by atoms with Gasteiger partial charge in [0.2, 0.25) is 17.7 Å². The summed E-state index contributed by atoms with van der Waals surface area (Å²) in [6, 6.07) is -5.63. The minimum Gasteiger partial charge on any atom is -0.394 e. The molecule has 0 spiro atoms. The molecule has 9 rings (SSSR count). The van der Waals surface area contributed by atoms with E-state index in [2.05, 4.69) is 16.0 Å². The summed E-state index contributed by atoms with van der Waals surface area (Å²) in [5.41, 5.74) is 0. The van der Waals surface area contributed by atoms with Crippen LogP contribution in [0.3, 0.4) is 0 Å². The highest BCUT2D eigenvalue weighted by Crippen LogP contribution is 2.40. The van der Waals surface area contributed by atoms with Crippen molar-refractivity contribution < 1.29 is 223 Å². The molecule has 9 aliphatic rings. The predicted molar refractivity (Wildman–Crippen MR) is 330 cm³/mol. The Balaban J connectivity index is 1.04. The smallest absolute Gasteiger partial charge is 0.217 e. The summed E-state index contributed by atoms with van der Waals surface area (Å²) in [5.74, 6) is -2.74. The van der Waals surface area contributed by atoms with Crippen LogP contribution in [0.1, 0.15) is 27.7 Å². The van der Waals surface area contributed by atoms with E-state index in [1.54, 1.807) is 0 Å². The minimum atomic E-state index is -2.56. The van der Waals surface area contributed by atoms with Gasteiger partial charge in [-0.25, -0.2) is 0 Å². The Bertz CT molecular complexity index is 2820. The summed E-state index contributed by atoms with van der Waals surface area (Å²) in [6.07, 6.45) is -85.7. The number of hydrogen-bond donors (Lipinski definition) is 28. The lowest BCUT2D eigenvalue weighted by molar-refractivity contribution is -0.398. The van der Waals surface area contributed by atoms with E-state index in [9.17, 15) is 142 Å². The summed E-state index contributed by atoms with van der Waals surface area (Å²) < 4.78 is 99.8. The van der Waals surface area contributed by atoms with Crippen LogP contribution in [-0.2, 0) is 94.9 Å². The van der Waals surface area contributed by atoms with E-state index in [1.165, 1.54) is 6.92 Å². The zero-order chi connectivity index (χ0) is 79.5. The highest BCUT2D eigenvalue weighted by Gasteiger charge is 2.61. The molecule has 45 atom stereocenters. The number of amides is 3. The molecule has 0 radical (unpaired) electrons. The standard InChI is InChI=1S/C60H101N3O45/c1-13-28(73)37(82)41(86)55(94-13)93-12-24-47(35(80)25(52(91)95-24)61-14(2)70)103-53-26(62-15(3)71)36(81)46(22(10-69)101-53)104-59-45(90)50(34(79)23(102-59)11-92-56-44(89)49(33(78)21(9-68)97-56)106-58-43(88)39(84)30(75)18(6-65)99-58)107-60-51(40(85)31(76)19(7-66)100-60)108-54-27(63-16(4)72)48(32(77)20(8-67)96-54)105-57-42(87)38(83)29(74)17(5-64)98-57/h13,17-60,64-69,73-91H,5-12H2,1-4H3,(H,61,70)(H,62,71)(H,63,72)/t13-,17+,18+,19+,20+,21+,22+,23+,24+,25+,26+,27+,28+,29-,30+,31+,32+,33+,34+,35+,36+,37+,38-,39-,40-,41-,42+,43-,44-,45-,46+,47+,48+,49-,50-,51-,52+,53-,54-,55+,56-,57-,58+,59-,60+/m0/s1. The third-order valence-electron chi connectivity index (χ3n) is 19.9. The van der Waals surface area contributed by atoms with Gasteiger partial charge in [0.1, 0.15) is 213 Å². The van der Waals surface area contributed by atoms with Gasteiger partial charge in [-0.05, 0) is 6.92 Å². The largest absolute Gasteiger partial charge is 0.394 e. The first kappa shape index (κ1) is 88.7. The van der Waals surface area contributed by atoms with Crippen LogP contribution < -0.4 is 16.0 Å². The molecule has 0 aliphatic carbocycles. The van der Waals surface area contributed by atoms with E-state index in [1.807, 2.05) is 0 Å². The SMILES string of the molecule is CC(=O)N[C@@H]1[C@@H](O)[C@H](O[C@@H]2O[C@H](CO)[C@@H](O[C@@H]3O[C@H](CO[C@H]4O[C@H](CO)[C@@H](O)[C@H](O[C@H]5O[C@H](CO)[C@@H](O)[C@H](O)[C@@H]5O)[C@@H]4O)[C@@H](O)[C@H](O[C@H]4O[C@H](CO)[C@@H](O)[C@H](O)[C@@H]4O[C@@H]4O[C@H](CO)[C@@H](O)[C@H](O[C@@H]5O[C@H](CO)[C@H](O)[C@H](O)[C@H]5O)[C@H]4NC(C)=O)[C@@H]3O)[C@H](O)[C@H]2NC(C)=O)[C@@H](CO[C@@H]2O[C@@H](C)[C@@H](O)[C@@H](O)[C@@H]2O)O[C@H]1O. The molecule has 108 heavy (non-hydrogen) atoms. The van der Waals surface area contributed by atoms with E-state index in [-0.39, 0.29) is 0 Å². The van der Waals surface area contributed by atoms with Gasteiger partial charge in [0.15, 0.2) is 56.6 Å². The van der Waals surface area contributed by atoms with Gasteiger partial charge in [-0.3, -0.25) is 14.4 Å². The van der Waals surface area contributed by atoms with Gasteiger partial charge in [0.05, 0.1) is 59.0 Å². The molecule has 28 N–H and O–H groups in total. The lowest BCUT2D eigenvalue weighted by atomic mass is 9.93. The fourth-order valence-corrected chi connectivity index (χ4v) is 13.9. The van der Waals surface area contributed by atoms with Gasteiger partial charge in [-0.1, -0.05) is 0 Å². The number of nitrogens with one attached hydrogen (secondary N) is 3. The maximum atomic E-state index is 13.1. The van der Waals surface area contributed by atoms with E-state index in [0.717, 1.165) is 20.8 Å². The number of aliphatic hydroxyl groups is 25. The maximum absolute atomic E-state index is 13.1. The Labute approximate surface area is 611 Å². The molecule has 3 amide bonds. The Morgan fingerprint density at radius 3 is 1.10 bits per heavy atom. The molecule has 48 nitrogen and oxygen atoms in total. The number of carbonyl (C=O) groups is 3. The number of carbonyl (C=O) groups excluding carboxylic acids is 3. The fourth-order valence-electron chi connectivity index (χ4n) is 13.9. The number of ether oxygens (including phenoxy) is 17. The molecule has 9 saturated heterocycles. The van der Waals surface area contributed by atoms with Crippen LogP contribution in [0.5, 0.6) is 0 Å². The molecule has 9 heterocycles. The van der Waals surface area contributed by atoms with Crippen LogP contribution in [0.4, 0.5) is 0 Å². The highest BCUT2D eigenvalue weighted by molar-refractivity contribution is 5.74. The van der Waals surface area contributed by atoms with E-state index >= 15 is 0 Å². The molecule has 9 fully saturated rings. The first-order chi connectivity index (χ1) is 51.0. The Kier molecular flexibility index (Phi) is 31.6. The van der Waals surface area contributed by atoms with Gasteiger partial charge in [-0.2, -0.15) is 0 Å². The van der Waals surface area contributed by atoms with Gasteiger partial charge >= 0.3 is 0 Å². The first-order valence-corrected chi connectivity index (χ1v) is 34.5. The van der Waals surface area contributed by atoms with Crippen LogP contribution in [0.25, 0.3) is 0 Å². The lowest BCUT2D eigenvalue weighted by Crippen LogP contribution is -2.71. The molecule has 0 aromatic rings. The molecule has 626 valence electrons. The minimum absolute atomic E-state index is 0.825. The molecule has 9 aliphatic heterocycles. The average Bonchev–Trinajstić information content (AvgIpc) is 0.767. The van der Waals surface area contributed by atoms with Crippen LogP contribution in [0, 0.1) is 0 Å². The fraction of sp³-hybridized carbons (Fsp3) is 0.950. The van der Waals surface area contributed by atoms with Crippen molar-refractivity contribution in [2.45, 2.75) is 304 Å². The molecule has 0 aromatic carbocycles. The van der Waals surface area contributed by atoms with Crippen molar-refractivity contribution in [3.05, 3.63) is 0 Å². The van der Waals surface area contributed by atoms with E-state index in [0.29, 0.717) is 0 Å². The third kappa shape index (κ3) is 19.3. The highest BCUT2D eigenvalue weighted by atomic mass is 16.8. The summed E-state index contributed by atoms with van der Waals surface area (Å²) in [6.45, 7) is -4.31. The molecule has 0 saturated carbocycles. The lowest BCUT2D eigenvalue weighted by Gasteiger charge is -2.51. The summed E-state index contributed by atoms with van der Waals surface area (Å²) in [4.78, 5) is 38.5. The second-order valence-electron chi connectivity index (χ2n) is 27.5. The summed E-state index contributed by atoms with van der Waals surface area (Å²) >= 11 is 0. The predicted octanol–water partition coefficient (Wildman–Crippen LogP) is -19.2. The van der Waals surface area contributed by atoms with E-state index < -0.39 is 347 Å². The molecule has 0 aromatic heterocycles. The third-order valence-corrected chi connectivity index (χ3v) is 19.9. The maximum Gasteiger partial charge on any atom is 0.217 e. The van der Waals surface area contributed by atoms with Gasteiger partial charge < -0.3 is 224 Å². The number of hydrogen-bond acceptors (Lipinski definition) is 45. The van der Waals surface area contributed by atoms with Crippen LogP contribution in [-0.4, -0.2) is 474 Å². The van der Waals surface area contributed by atoms with Crippen molar-refractivity contribution in [3.63, 3.8) is 0 Å². The Hall–Kier alpha value is -3.27. The van der Waals surface area contributed by atoms with Crippen molar-refractivity contribution in [2.24, 2.45) is 0 Å². The van der Waals surface area contributed by atoms with Gasteiger partial charge in [-0.15, -0.1) is 0 Å². The van der Waals surface area contributed by atoms with Crippen molar-refractivity contribution in [1.29, 1.82) is 0 Å². The second-order valence-corrected chi connectivity index (χ2v) is 27.5.